The number of nitrogens with zero attached hydrogens (tertiary/aromatic N) is 5. The summed E-state index contributed by atoms with van der Waals surface area (Å²) >= 11 is 11.6. The summed E-state index contributed by atoms with van der Waals surface area (Å²) in [5.74, 6) is 0.460. The van der Waals surface area contributed by atoms with E-state index in [9.17, 15) is 4.79 Å². The third-order valence-electron chi connectivity index (χ3n) is 7.68. The molecule has 1 aliphatic heterocycles. The molecule has 1 amide bonds. The van der Waals surface area contributed by atoms with E-state index >= 15 is 0 Å². The van der Waals surface area contributed by atoms with E-state index in [0.717, 1.165) is 56.8 Å². The monoisotopic (exact) mass is 774 g/mol. The summed E-state index contributed by atoms with van der Waals surface area (Å²) < 4.78 is 16.1. The molecule has 1 saturated heterocycles. The van der Waals surface area contributed by atoms with E-state index in [1.807, 2.05) is 60.7 Å². The highest BCUT2D eigenvalue weighted by Gasteiger charge is 2.20. The normalized spacial score (nSPS) is 12.4. The van der Waals surface area contributed by atoms with Crippen LogP contribution < -0.4 is 10.5 Å². The molecule has 4 aromatic carbocycles. The standard InChI is InChI=1S/C15H12ClN3O.C14H7ClN2O.C6H13NO4.C4H8O/c1-20-11-7-6-9-4-2-3-5-10(9)13(11)14-15(17)19-12(16)8-18-14;15-11-7-16-13-12-9-4-2-1-3-8(9)5-6-10(12)18-14(13)17-11;1-5(8)7(11-9)10-6(2,3)4;1-2-4-5-3-1/h2-8H,1H3,(H2,17,19);1-7H;9H,1-4H3;1-4H2. The molecule has 282 valence electrons. The number of furan rings is 1. The van der Waals surface area contributed by atoms with Crippen molar-refractivity contribution in [1.82, 2.24) is 25.2 Å². The summed E-state index contributed by atoms with van der Waals surface area (Å²) in [5.41, 5.74) is 8.80. The topological polar surface area (TPSA) is 168 Å². The molecular formula is C39H40Cl2N6O7. The van der Waals surface area contributed by atoms with Gasteiger partial charge in [-0.05, 0) is 67.3 Å². The number of anilines is 1. The number of hydrogen-bond acceptors (Lipinski definition) is 12. The Balaban J connectivity index is 0.000000151. The Bertz CT molecular complexity index is 2360. The van der Waals surface area contributed by atoms with Gasteiger partial charge in [0.15, 0.2) is 11.0 Å². The first-order valence-electron chi connectivity index (χ1n) is 16.9. The van der Waals surface area contributed by atoms with Crippen molar-refractivity contribution >= 4 is 78.7 Å². The SMILES string of the molecule is C1CCOC1.CC(=O)N(OO)OC(C)(C)C.COc1ccc2ccccc2c1-c1ncc(Cl)nc1N.Clc1cnc2c(n1)oc1ccc3ccccc3c12. The minimum atomic E-state index is -0.575. The fourth-order valence-corrected chi connectivity index (χ4v) is 5.68. The van der Waals surface area contributed by atoms with Gasteiger partial charge >= 0.3 is 0 Å². The summed E-state index contributed by atoms with van der Waals surface area (Å²) in [5, 5.41) is 14.5. The van der Waals surface area contributed by atoms with Gasteiger partial charge in [0.2, 0.25) is 5.71 Å². The molecule has 54 heavy (non-hydrogen) atoms. The van der Waals surface area contributed by atoms with Gasteiger partial charge in [0.05, 0.1) is 36.1 Å². The van der Waals surface area contributed by atoms with E-state index in [1.165, 1.54) is 26.0 Å². The number of hydroxylamine groups is 2. The van der Waals surface area contributed by atoms with E-state index in [2.05, 4.69) is 37.1 Å². The van der Waals surface area contributed by atoms with Gasteiger partial charge in [-0.1, -0.05) is 94.1 Å². The minimum Gasteiger partial charge on any atom is -0.496 e. The van der Waals surface area contributed by atoms with Crippen LogP contribution in [-0.2, 0) is 19.4 Å². The first kappa shape index (κ1) is 40.0. The fourth-order valence-electron chi connectivity index (χ4n) is 5.42. The average Bonchev–Trinajstić information content (AvgIpc) is 3.86. The predicted octanol–water partition coefficient (Wildman–Crippen LogP) is 9.49. The van der Waals surface area contributed by atoms with Crippen LogP contribution in [0.25, 0.3) is 55.0 Å². The molecule has 15 heteroatoms. The number of rotatable bonds is 4. The fraction of sp³-hybridized carbons (Fsp3) is 0.256. The van der Waals surface area contributed by atoms with Gasteiger partial charge in [0.1, 0.15) is 27.7 Å². The van der Waals surface area contributed by atoms with Crippen LogP contribution in [-0.4, -0.2) is 62.3 Å². The molecule has 8 rings (SSSR count). The highest BCUT2D eigenvalue weighted by Crippen LogP contribution is 2.38. The lowest BCUT2D eigenvalue weighted by molar-refractivity contribution is -0.496. The minimum absolute atomic E-state index is 0.269. The third kappa shape index (κ3) is 10.1. The molecule has 1 fully saturated rings. The zero-order chi connectivity index (χ0) is 38.8. The lowest BCUT2D eigenvalue weighted by Crippen LogP contribution is -2.36. The van der Waals surface area contributed by atoms with Gasteiger partial charge in [0.25, 0.3) is 5.91 Å². The highest BCUT2D eigenvalue weighted by atomic mass is 35.5. The lowest BCUT2D eigenvalue weighted by atomic mass is 10.0. The number of amides is 1. The third-order valence-corrected chi connectivity index (χ3v) is 8.04. The molecule has 13 nitrogen and oxygen atoms in total. The van der Waals surface area contributed by atoms with Crippen LogP contribution in [0.1, 0.15) is 40.5 Å². The number of hydrogen-bond donors (Lipinski definition) is 2. The Morgan fingerprint density at radius 2 is 1.48 bits per heavy atom. The summed E-state index contributed by atoms with van der Waals surface area (Å²) in [6, 6.07) is 24.0. The number of nitrogen functional groups attached to an aromatic ring is 1. The van der Waals surface area contributed by atoms with Crippen LogP contribution in [0, 0.1) is 0 Å². The lowest BCUT2D eigenvalue weighted by Gasteiger charge is -2.24. The van der Waals surface area contributed by atoms with Crippen LogP contribution in [0.15, 0.2) is 89.6 Å². The average molecular weight is 776 g/mol. The van der Waals surface area contributed by atoms with Gasteiger partial charge in [0, 0.05) is 20.1 Å². The van der Waals surface area contributed by atoms with Crippen molar-refractivity contribution in [3.05, 3.63) is 95.5 Å². The number of ether oxygens (including phenoxy) is 2. The number of halogens is 2. The van der Waals surface area contributed by atoms with E-state index in [0.29, 0.717) is 27.5 Å². The predicted molar refractivity (Wildman–Crippen MR) is 210 cm³/mol. The summed E-state index contributed by atoms with van der Waals surface area (Å²) in [7, 11) is 1.62. The van der Waals surface area contributed by atoms with E-state index < -0.39 is 11.5 Å². The summed E-state index contributed by atoms with van der Waals surface area (Å²) in [6.07, 6.45) is 5.58. The van der Waals surface area contributed by atoms with Crippen LogP contribution in [0.5, 0.6) is 5.75 Å². The van der Waals surface area contributed by atoms with Crippen molar-refractivity contribution < 1.29 is 33.8 Å². The Kier molecular flexibility index (Phi) is 13.5. The second-order valence-corrected chi connectivity index (χ2v) is 13.6. The van der Waals surface area contributed by atoms with Gasteiger partial charge in [-0.2, -0.15) is 4.98 Å². The molecule has 0 bridgehead atoms. The largest absolute Gasteiger partial charge is 0.496 e. The number of nitrogens with two attached hydrogens (primary N) is 1. The Hall–Kier alpha value is -5.15. The second kappa shape index (κ2) is 18.3. The molecule has 0 saturated carbocycles. The molecule has 3 aromatic heterocycles. The van der Waals surface area contributed by atoms with Crippen molar-refractivity contribution in [3.8, 4) is 17.0 Å². The van der Waals surface area contributed by atoms with E-state index in [-0.39, 0.29) is 11.0 Å². The quantitative estimate of drug-likeness (QED) is 0.129. The zero-order valence-electron chi connectivity index (χ0n) is 30.4. The van der Waals surface area contributed by atoms with Gasteiger partial charge < -0.3 is 19.6 Å². The molecule has 1 aliphatic rings. The molecule has 7 aromatic rings. The van der Waals surface area contributed by atoms with Gasteiger partial charge in [-0.3, -0.25) is 4.79 Å². The molecule has 0 atom stereocenters. The smallest absolute Gasteiger partial charge is 0.273 e. The number of methoxy groups -OCH3 is 1. The summed E-state index contributed by atoms with van der Waals surface area (Å²) in [4.78, 5) is 35.9. The molecule has 0 unspecified atom stereocenters. The van der Waals surface area contributed by atoms with Crippen molar-refractivity contribution in [3.63, 3.8) is 0 Å². The van der Waals surface area contributed by atoms with Crippen LogP contribution >= 0.6 is 23.2 Å². The van der Waals surface area contributed by atoms with Gasteiger partial charge in [-0.15, -0.1) is 0 Å². The number of carbonyl (C=O) groups is 1. The molecular weight excluding hydrogens is 735 g/mol. The van der Waals surface area contributed by atoms with Gasteiger partial charge in [-0.25, -0.2) is 25.0 Å². The maximum Gasteiger partial charge on any atom is 0.273 e. The molecule has 0 spiro atoms. The van der Waals surface area contributed by atoms with Crippen LogP contribution in [0.3, 0.4) is 0 Å². The molecule has 0 aliphatic carbocycles. The van der Waals surface area contributed by atoms with Crippen molar-refractivity contribution in [1.29, 1.82) is 0 Å². The summed E-state index contributed by atoms with van der Waals surface area (Å²) in [6.45, 7) is 8.38. The van der Waals surface area contributed by atoms with E-state index in [4.69, 9.17) is 52.9 Å². The maximum atomic E-state index is 10.6. The number of aromatic nitrogens is 4. The van der Waals surface area contributed by atoms with Crippen molar-refractivity contribution in [2.75, 3.05) is 26.1 Å². The number of carbonyl (C=O) groups excluding carboxylic acids is 1. The van der Waals surface area contributed by atoms with Crippen molar-refractivity contribution in [2.24, 2.45) is 0 Å². The Morgan fingerprint density at radius 1 is 0.870 bits per heavy atom. The first-order chi connectivity index (χ1) is 25.9. The number of benzene rings is 4. The highest BCUT2D eigenvalue weighted by molar-refractivity contribution is 6.30. The van der Waals surface area contributed by atoms with Crippen LogP contribution in [0.4, 0.5) is 5.82 Å². The molecule has 0 radical (unpaired) electrons. The molecule has 4 heterocycles. The first-order valence-corrected chi connectivity index (χ1v) is 17.6. The van der Waals surface area contributed by atoms with E-state index in [1.54, 1.807) is 34.1 Å². The Morgan fingerprint density at radius 3 is 2.06 bits per heavy atom. The van der Waals surface area contributed by atoms with Crippen LogP contribution in [0.2, 0.25) is 10.3 Å². The molecule has 3 N–H and O–H groups in total. The zero-order valence-corrected chi connectivity index (χ0v) is 31.9. The Labute approximate surface area is 321 Å². The maximum absolute atomic E-state index is 10.6. The second-order valence-electron chi connectivity index (χ2n) is 12.8. The van der Waals surface area contributed by atoms with Crippen molar-refractivity contribution in [2.45, 2.75) is 46.1 Å². The number of fused-ring (bicyclic) bond motifs is 6.